The zero-order valence-electron chi connectivity index (χ0n) is 10.4. The molecule has 4 nitrogen and oxygen atoms in total. The second-order valence-electron chi connectivity index (χ2n) is 4.66. The number of aromatic nitrogens is 1. The number of rotatable bonds is 7. The maximum Gasteiger partial charge on any atom is 0.239 e. The van der Waals surface area contributed by atoms with Crippen molar-refractivity contribution in [1.29, 1.82) is 0 Å². The zero-order valence-corrected chi connectivity index (χ0v) is 10.4. The molecule has 0 spiro atoms. The lowest BCUT2D eigenvalue weighted by molar-refractivity contribution is -0.121. The van der Waals surface area contributed by atoms with Crippen molar-refractivity contribution in [2.45, 2.75) is 32.9 Å². The summed E-state index contributed by atoms with van der Waals surface area (Å²) in [6.45, 7) is 5.12. The number of nitrogens with one attached hydrogen (secondary N) is 2. The molecule has 0 aromatic carbocycles. The molecule has 2 N–H and O–H groups in total. The van der Waals surface area contributed by atoms with Crippen LogP contribution in [0.3, 0.4) is 0 Å². The zero-order chi connectivity index (χ0) is 12.1. The SMILES string of the molecule is CCNCc1cccn1CC(=O)NCC1CC1. The molecule has 94 valence electrons. The summed E-state index contributed by atoms with van der Waals surface area (Å²) < 4.78 is 2.00. The van der Waals surface area contributed by atoms with Crippen molar-refractivity contribution in [3.05, 3.63) is 24.0 Å². The van der Waals surface area contributed by atoms with E-state index in [1.807, 2.05) is 16.8 Å². The minimum Gasteiger partial charge on any atom is -0.354 e. The van der Waals surface area contributed by atoms with Gasteiger partial charge in [-0.05, 0) is 37.4 Å². The van der Waals surface area contributed by atoms with Crippen molar-refractivity contribution in [1.82, 2.24) is 15.2 Å². The van der Waals surface area contributed by atoms with Crippen LogP contribution in [0.15, 0.2) is 18.3 Å². The summed E-state index contributed by atoms with van der Waals surface area (Å²) in [5, 5.41) is 6.26. The van der Waals surface area contributed by atoms with E-state index in [1.54, 1.807) is 0 Å². The third-order valence-corrected chi connectivity index (χ3v) is 3.08. The van der Waals surface area contributed by atoms with Crippen LogP contribution in [0, 0.1) is 5.92 Å². The Balaban J connectivity index is 1.79. The quantitative estimate of drug-likeness (QED) is 0.744. The first-order valence-electron chi connectivity index (χ1n) is 6.41. The predicted molar refractivity (Wildman–Crippen MR) is 67.5 cm³/mol. The summed E-state index contributed by atoms with van der Waals surface area (Å²) in [7, 11) is 0. The van der Waals surface area contributed by atoms with Gasteiger partial charge in [-0.2, -0.15) is 0 Å². The molecule has 1 fully saturated rings. The summed E-state index contributed by atoms with van der Waals surface area (Å²) in [6.07, 6.45) is 4.51. The molecule has 0 atom stereocenters. The van der Waals surface area contributed by atoms with Crippen LogP contribution in [-0.2, 0) is 17.9 Å². The smallest absolute Gasteiger partial charge is 0.239 e. The molecule has 2 rings (SSSR count). The summed E-state index contributed by atoms with van der Waals surface area (Å²) in [5.74, 6) is 0.857. The molecule has 0 saturated heterocycles. The maximum absolute atomic E-state index is 11.7. The fraction of sp³-hybridized carbons (Fsp3) is 0.615. The van der Waals surface area contributed by atoms with Crippen molar-refractivity contribution in [2.24, 2.45) is 5.92 Å². The maximum atomic E-state index is 11.7. The standard InChI is InChI=1S/C13H21N3O/c1-2-14-9-12-4-3-7-16(12)10-13(17)15-8-11-5-6-11/h3-4,7,11,14H,2,5-6,8-10H2,1H3,(H,15,17). The molecule has 17 heavy (non-hydrogen) atoms. The first-order chi connectivity index (χ1) is 8.29. The van der Waals surface area contributed by atoms with Gasteiger partial charge in [-0.1, -0.05) is 6.92 Å². The second-order valence-corrected chi connectivity index (χ2v) is 4.66. The fourth-order valence-electron chi connectivity index (χ4n) is 1.81. The van der Waals surface area contributed by atoms with Crippen molar-refractivity contribution >= 4 is 5.91 Å². The summed E-state index contributed by atoms with van der Waals surface area (Å²) in [4.78, 5) is 11.7. The van der Waals surface area contributed by atoms with Crippen molar-refractivity contribution in [3.63, 3.8) is 0 Å². The molecule has 1 amide bonds. The van der Waals surface area contributed by atoms with Crippen LogP contribution in [0.4, 0.5) is 0 Å². The van der Waals surface area contributed by atoms with Crippen molar-refractivity contribution < 1.29 is 4.79 Å². The van der Waals surface area contributed by atoms with E-state index in [0.29, 0.717) is 6.54 Å². The number of hydrogen-bond acceptors (Lipinski definition) is 2. The molecule has 0 bridgehead atoms. The number of nitrogens with zero attached hydrogens (tertiary/aromatic N) is 1. The summed E-state index contributed by atoms with van der Waals surface area (Å²) >= 11 is 0. The van der Waals surface area contributed by atoms with E-state index in [2.05, 4.69) is 23.6 Å². The Bertz CT molecular complexity index is 368. The highest BCUT2D eigenvalue weighted by Crippen LogP contribution is 2.27. The van der Waals surface area contributed by atoms with Gasteiger partial charge < -0.3 is 15.2 Å². The highest BCUT2D eigenvalue weighted by molar-refractivity contribution is 5.75. The van der Waals surface area contributed by atoms with E-state index in [-0.39, 0.29) is 5.91 Å². The Labute approximate surface area is 102 Å². The Morgan fingerprint density at radius 2 is 2.35 bits per heavy atom. The molecular weight excluding hydrogens is 214 g/mol. The van der Waals surface area contributed by atoms with Crippen LogP contribution < -0.4 is 10.6 Å². The lowest BCUT2D eigenvalue weighted by Gasteiger charge is -2.10. The number of carbonyl (C=O) groups excluding carboxylic acids is 1. The molecule has 4 heteroatoms. The summed E-state index contributed by atoms with van der Waals surface area (Å²) in [5.41, 5.74) is 1.16. The average Bonchev–Trinajstić information content (AvgIpc) is 3.05. The van der Waals surface area contributed by atoms with Gasteiger partial charge in [-0.25, -0.2) is 0 Å². The van der Waals surface area contributed by atoms with Crippen molar-refractivity contribution in [2.75, 3.05) is 13.1 Å². The van der Waals surface area contributed by atoms with Crippen LogP contribution in [-0.4, -0.2) is 23.6 Å². The molecule has 1 aliphatic rings. The fourth-order valence-corrected chi connectivity index (χ4v) is 1.81. The number of hydrogen-bond donors (Lipinski definition) is 2. The normalized spacial score (nSPS) is 14.9. The number of carbonyl (C=O) groups is 1. The lowest BCUT2D eigenvalue weighted by atomic mass is 10.4. The Hall–Kier alpha value is -1.29. The topological polar surface area (TPSA) is 46.1 Å². The first kappa shape index (κ1) is 12.2. The third kappa shape index (κ3) is 3.89. The van der Waals surface area contributed by atoms with Crippen LogP contribution in [0.5, 0.6) is 0 Å². The molecule has 1 saturated carbocycles. The van der Waals surface area contributed by atoms with Gasteiger partial charge in [0.15, 0.2) is 0 Å². The molecular formula is C13H21N3O. The minimum atomic E-state index is 0.117. The van der Waals surface area contributed by atoms with Gasteiger partial charge in [0.2, 0.25) is 5.91 Å². The second kappa shape index (κ2) is 5.87. The molecule has 1 heterocycles. The largest absolute Gasteiger partial charge is 0.354 e. The molecule has 0 radical (unpaired) electrons. The van der Waals surface area contributed by atoms with Gasteiger partial charge in [-0.15, -0.1) is 0 Å². The Kier molecular flexibility index (Phi) is 4.20. The molecule has 1 aliphatic carbocycles. The van der Waals surface area contributed by atoms with E-state index < -0.39 is 0 Å². The van der Waals surface area contributed by atoms with E-state index in [4.69, 9.17) is 0 Å². The van der Waals surface area contributed by atoms with Crippen LogP contribution >= 0.6 is 0 Å². The van der Waals surface area contributed by atoms with Gasteiger partial charge >= 0.3 is 0 Å². The van der Waals surface area contributed by atoms with Gasteiger partial charge in [0.25, 0.3) is 0 Å². The third-order valence-electron chi connectivity index (χ3n) is 3.08. The van der Waals surface area contributed by atoms with Gasteiger partial charge in [0, 0.05) is 25.0 Å². The predicted octanol–water partition coefficient (Wildman–Crippen LogP) is 1.12. The molecule has 0 aliphatic heterocycles. The summed E-state index contributed by atoms with van der Waals surface area (Å²) in [6, 6.07) is 4.04. The van der Waals surface area contributed by atoms with E-state index >= 15 is 0 Å². The van der Waals surface area contributed by atoms with Gasteiger partial charge in [-0.3, -0.25) is 4.79 Å². The van der Waals surface area contributed by atoms with E-state index in [0.717, 1.165) is 31.2 Å². The average molecular weight is 235 g/mol. The van der Waals surface area contributed by atoms with Gasteiger partial charge in [0.05, 0.1) is 0 Å². The highest BCUT2D eigenvalue weighted by atomic mass is 16.1. The van der Waals surface area contributed by atoms with E-state index in [9.17, 15) is 4.79 Å². The monoisotopic (exact) mass is 235 g/mol. The molecule has 0 unspecified atom stereocenters. The molecule has 1 aromatic rings. The number of amides is 1. The molecule has 1 aromatic heterocycles. The van der Waals surface area contributed by atoms with E-state index in [1.165, 1.54) is 12.8 Å². The highest BCUT2D eigenvalue weighted by Gasteiger charge is 2.21. The van der Waals surface area contributed by atoms with Crippen LogP contribution in [0.1, 0.15) is 25.5 Å². The Morgan fingerprint density at radius 1 is 1.53 bits per heavy atom. The minimum absolute atomic E-state index is 0.117. The van der Waals surface area contributed by atoms with Gasteiger partial charge in [0.1, 0.15) is 6.54 Å². The van der Waals surface area contributed by atoms with Crippen LogP contribution in [0.25, 0.3) is 0 Å². The van der Waals surface area contributed by atoms with Crippen LogP contribution in [0.2, 0.25) is 0 Å². The lowest BCUT2D eigenvalue weighted by Crippen LogP contribution is -2.30. The van der Waals surface area contributed by atoms with Crippen molar-refractivity contribution in [3.8, 4) is 0 Å². The Morgan fingerprint density at radius 3 is 3.06 bits per heavy atom. The first-order valence-corrected chi connectivity index (χ1v) is 6.41.